The number of carbonyl (C=O) groups is 2. The molecule has 0 radical (unpaired) electrons. The van der Waals surface area contributed by atoms with Gasteiger partial charge in [-0.05, 0) is 31.9 Å². The van der Waals surface area contributed by atoms with E-state index in [0.717, 1.165) is 11.3 Å². The van der Waals surface area contributed by atoms with Gasteiger partial charge in [0.25, 0.3) is 0 Å². The molecule has 0 aliphatic rings. The Balaban J connectivity index is 1.97. The van der Waals surface area contributed by atoms with Crippen molar-refractivity contribution in [3.8, 4) is 11.6 Å². The number of aromatic nitrogens is 3. The number of esters is 2. The maximum atomic E-state index is 12.6. The highest BCUT2D eigenvalue weighted by Gasteiger charge is 2.28. The summed E-state index contributed by atoms with van der Waals surface area (Å²) in [5.41, 5.74) is 6.78. The molecule has 32 heavy (non-hydrogen) atoms. The molecule has 3 rings (SSSR count). The number of rotatable bonds is 10. The Bertz CT molecular complexity index is 1070. The molecule has 0 fully saturated rings. The second kappa shape index (κ2) is 10.7. The molecule has 0 unspecified atom stereocenters. The summed E-state index contributed by atoms with van der Waals surface area (Å²) in [6, 6.07) is 3.62. The zero-order valence-corrected chi connectivity index (χ0v) is 20.0. The molecular weight excluding hydrogens is 452 g/mol. The van der Waals surface area contributed by atoms with E-state index >= 15 is 0 Å². The molecular formula is C21H26N4O5S2. The molecule has 0 bridgehead atoms. The second-order valence-corrected chi connectivity index (χ2v) is 9.16. The molecule has 0 aromatic carbocycles. The number of hydrogen-bond acceptors (Lipinski definition) is 10. The van der Waals surface area contributed by atoms with E-state index in [9.17, 15) is 9.59 Å². The van der Waals surface area contributed by atoms with Crippen molar-refractivity contribution >= 4 is 40.0 Å². The number of anilines is 1. The number of ether oxygens (including phenoxy) is 2. The van der Waals surface area contributed by atoms with Crippen LogP contribution in [0.25, 0.3) is 11.6 Å². The number of thiophene rings is 1. The number of nitrogen functional groups attached to an aromatic ring is 1. The molecule has 0 saturated carbocycles. The van der Waals surface area contributed by atoms with Gasteiger partial charge in [0.15, 0.2) is 16.7 Å². The normalized spacial score (nSPS) is 11.2. The topological polar surface area (TPSA) is 122 Å². The molecule has 172 valence electrons. The minimum atomic E-state index is -0.563. The minimum absolute atomic E-state index is 0.199. The standard InChI is InChI=1S/C21H26N4O5S2/c1-5-28-19(26)15-13(16(32-17(15)22)20(27)29-6-2)11-31-21-24-23-18(14-8-7-9-30-14)25(21)10-12(3)4/h7-9,12H,5-6,10-11,22H2,1-4H3. The first kappa shape index (κ1) is 23.9. The molecule has 11 heteroatoms. The Labute approximate surface area is 194 Å². The molecule has 3 aromatic rings. The van der Waals surface area contributed by atoms with Crippen LogP contribution in [-0.4, -0.2) is 39.9 Å². The Morgan fingerprint density at radius 3 is 2.56 bits per heavy atom. The van der Waals surface area contributed by atoms with Gasteiger partial charge >= 0.3 is 11.9 Å². The zero-order chi connectivity index (χ0) is 23.3. The number of nitrogens with zero attached hydrogens (tertiary/aromatic N) is 3. The van der Waals surface area contributed by atoms with E-state index in [-0.39, 0.29) is 29.5 Å². The minimum Gasteiger partial charge on any atom is -0.462 e. The van der Waals surface area contributed by atoms with E-state index < -0.39 is 11.9 Å². The molecule has 0 amide bonds. The van der Waals surface area contributed by atoms with Gasteiger partial charge in [0, 0.05) is 17.9 Å². The van der Waals surface area contributed by atoms with Crippen LogP contribution in [0.5, 0.6) is 0 Å². The fraction of sp³-hybridized carbons (Fsp3) is 0.429. The van der Waals surface area contributed by atoms with Gasteiger partial charge < -0.3 is 19.6 Å². The largest absolute Gasteiger partial charge is 0.462 e. The lowest BCUT2D eigenvalue weighted by Gasteiger charge is -2.12. The predicted molar refractivity (Wildman–Crippen MR) is 123 cm³/mol. The number of furan rings is 1. The van der Waals surface area contributed by atoms with Crippen LogP contribution in [0, 0.1) is 5.92 Å². The van der Waals surface area contributed by atoms with Gasteiger partial charge in [0.05, 0.1) is 25.0 Å². The smallest absolute Gasteiger partial charge is 0.348 e. The molecule has 3 aromatic heterocycles. The van der Waals surface area contributed by atoms with Gasteiger partial charge in [0.1, 0.15) is 9.88 Å². The highest BCUT2D eigenvalue weighted by atomic mass is 32.2. The van der Waals surface area contributed by atoms with Crippen LogP contribution >= 0.6 is 23.1 Å². The lowest BCUT2D eigenvalue weighted by atomic mass is 10.1. The van der Waals surface area contributed by atoms with Crippen molar-refractivity contribution in [2.75, 3.05) is 18.9 Å². The van der Waals surface area contributed by atoms with E-state index in [1.165, 1.54) is 11.8 Å². The zero-order valence-electron chi connectivity index (χ0n) is 18.4. The monoisotopic (exact) mass is 478 g/mol. The highest BCUT2D eigenvalue weighted by molar-refractivity contribution is 7.98. The average Bonchev–Trinajstić information content (AvgIpc) is 3.45. The van der Waals surface area contributed by atoms with Crippen molar-refractivity contribution in [3.63, 3.8) is 0 Å². The SMILES string of the molecule is CCOC(=O)c1sc(N)c(C(=O)OCC)c1CSc1nnc(-c2ccco2)n1CC(C)C. The summed E-state index contributed by atoms with van der Waals surface area (Å²) in [7, 11) is 0. The first-order valence-corrected chi connectivity index (χ1v) is 12.0. The summed E-state index contributed by atoms with van der Waals surface area (Å²) in [6.45, 7) is 8.71. The first-order valence-electron chi connectivity index (χ1n) is 10.2. The fourth-order valence-corrected chi connectivity index (χ4v) is 5.10. The van der Waals surface area contributed by atoms with E-state index in [0.29, 0.717) is 39.6 Å². The summed E-state index contributed by atoms with van der Waals surface area (Å²) in [4.78, 5) is 25.4. The lowest BCUT2D eigenvalue weighted by molar-refractivity contribution is 0.0527. The maximum Gasteiger partial charge on any atom is 0.348 e. The summed E-state index contributed by atoms with van der Waals surface area (Å²) in [5, 5.41) is 9.48. The van der Waals surface area contributed by atoms with Crippen LogP contribution in [0.1, 0.15) is 53.3 Å². The van der Waals surface area contributed by atoms with E-state index in [1.54, 1.807) is 26.2 Å². The molecule has 0 aliphatic heterocycles. The van der Waals surface area contributed by atoms with Crippen molar-refractivity contribution in [1.82, 2.24) is 14.8 Å². The number of carbonyl (C=O) groups excluding carboxylic acids is 2. The predicted octanol–water partition coefficient (Wildman–Crippen LogP) is 4.48. The number of nitrogens with two attached hydrogens (primary N) is 1. The van der Waals surface area contributed by atoms with Crippen LogP contribution in [0.15, 0.2) is 28.0 Å². The van der Waals surface area contributed by atoms with Crippen molar-refractivity contribution in [3.05, 3.63) is 34.4 Å². The van der Waals surface area contributed by atoms with Crippen LogP contribution in [0.2, 0.25) is 0 Å². The van der Waals surface area contributed by atoms with Crippen LogP contribution in [0.3, 0.4) is 0 Å². The van der Waals surface area contributed by atoms with Gasteiger partial charge in [-0.15, -0.1) is 21.5 Å². The quantitative estimate of drug-likeness (QED) is 0.332. The molecule has 0 spiro atoms. The van der Waals surface area contributed by atoms with Gasteiger partial charge in [0.2, 0.25) is 0 Å². The molecule has 2 N–H and O–H groups in total. The van der Waals surface area contributed by atoms with Crippen LogP contribution in [-0.2, 0) is 21.8 Å². The third kappa shape index (κ3) is 5.16. The Kier molecular flexibility index (Phi) is 7.97. The summed E-state index contributed by atoms with van der Waals surface area (Å²) in [5.74, 6) is 0.754. The Morgan fingerprint density at radius 1 is 1.22 bits per heavy atom. The lowest BCUT2D eigenvalue weighted by Crippen LogP contribution is -2.11. The molecule has 0 aliphatic carbocycles. The van der Waals surface area contributed by atoms with Gasteiger partial charge in [-0.3, -0.25) is 4.57 Å². The van der Waals surface area contributed by atoms with Crippen molar-refractivity contribution in [2.24, 2.45) is 5.92 Å². The molecule has 3 heterocycles. The third-order valence-electron chi connectivity index (χ3n) is 4.33. The highest BCUT2D eigenvalue weighted by Crippen LogP contribution is 2.37. The summed E-state index contributed by atoms with van der Waals surface area (Å²) >= 11 is 2.38. The van der Waals surface area contributed by atoms with Crippen molar-refractivity contribution in [1.29, 1.82) is 0 Å². The molecule has 0 saturated heterocycles. The van der Waals surface area contributed by atoms with Gasteiger partial charge in [-0.1, -0.05) is 25.6 Å². The molecule has 9 nitrogen and oxygen atoms in total. The third-order valence-corrected chi connectivity index (χ3v) is 6.36. The van der Waals surface area contributed by atoms with Crippen molar-refractivity contribution in [2.45, 2.75) is 45.1 Å². The summed E-state index contributed by atoms with van der Waals surface area (Å²) < 4.78 is 17.8. The molecule has 0 atom stereocenters. The Hall–Kier alpha value is -2.79. The average molecular weight is 479 g/mol. The van der Waals surface area contributed by atoms with Crippen LogP contribution in [0.4, 0.5) is 5.00 Å². The van der Waals surface area contributed by atoms with Crippen molar-refractivity contribution < 1.29 is 23.5 Å². The van der Waals surface area contributed by atoms with Crippen LogP contribution < -0.4 is 5.73 Å². The van der Waals surface area contributed by atoms with Gasteiger partial charge in [-0.2, -0.15) is 0 Å². The van der Waals surface area contributed by atoms with E-state index in [2.05, 4.69) is 24.0 Å². The summed E-state index contributed by atoms with van der Waals surface area (Å²) in [6.07, 6.45) is 1.59. The second-order valence-electron chi connectivity index (χ2n) is 7.17. The fourth-order valence-electron chi connectivity index (χ4n) is 3.06. The number of hydrogen-bond donors (Lipinski definition) is 1. The number of thioether (sulfide) groups is 1. The first-order chi connectivity index (χ1) is 15.4. The maximum absolute atomic E-state index is 12.6. The van der Waals surface area contributed by atoms with E-state index in [1.807, 2.05) is 10.6 Å². The van der Waals surface area contributed by atoms with Gasteiger partial charge in [-0.25, -0.2) is 9.59 Å². The van der Waals surface area contributed by atoms with E-state index in [4.69, 9.17) is 19.6 Å². The Morgan fingerprint density at radius 2 is 1.94 bits per heavy atom.